The SMILES string of the molecule is NCCCCn1ncc2c(N)ncnc21.O=C(O)C(F)(F)F. The maximum atomic E-state index is 10.6. The smallest absolute Gasteiger partial charge is 0.475 e. The monoisotopic (exact) mass is 320 g/mol. The van der Waals surface area contributed by atoms with Gasteiger partial charge in [0, 0.05) is 6.54 Å². The molecule has 2 aromatic heterocycles. The van der Waals surface area contributed by atoms with Crippen molar-refractivity contribution in [3.05, 3.63) is 12.5 Å². The van der Waals surface area contributed by atoms with E-state index in [4.69, 9.17) is 21.4 Å². The summed E-state index contributed by atoms with van der Waals surface area (Å²) in [5.74, 6) is -2.28. The van der Waals surface area contributed by atoms with E-state index in [1.165, 1.54) is 6.33 Å². The average molecular weight is 320 g/mol. The maximum Gasteiger partial charge on any atom is 0.490 e. The van der Waals surface area contributed by atoms with Crippen LogP contribution < -0.4 is 11.5 Å². The Labute approximate surface area is 122 Å². The fraction of sp³-hybridized carbons (Fsp3) is 0.455. The van der Waals surface area contributed by atoms with E-state index in [-0.39, 0.29) is 0 Å². The molecular formula is C11H15F3N6O2. The minimum Gasteiger partial charge on any atom is -0.475 e. The molecule has 0 fully saturated rings. The number of halogens is 3. The van der Waals surface area contributed by atoms with Crippen molar-refractivity contribution in [3.8, 4) is 0 Å². The zero-order valence-electron chi connectivity index (χ0n) is 11.4. The van der Waals surface area contributed by atoms with E-state index in [0.717, 1.165) is 30.4 Å². The fourth-order valence-electron chi connectivity index (χ4n) is 1.48. The van der Waals surface area contributed by atoms with Gasteiger partial charge in [-0.1, -0.05) is 0 Å². The second-order valence-corrected chi connectivity index (χ2v) is 4.16. The summed E-state index contributed by atoms with van der Waals surface area (Å²) in [5, 5.41) is 12.2. The first-order valence-electron chi connectivity index (χ1n) is 6.19. The minimum atomic E-state index is -5.08. The molecule has 0 aliphatic heterocycles. The highest BCUT2D eigenvalue weighted by atomic mass is 19.4. The molecule has 0 aromatic carbocycles. The molecule has 8 nitrogen and oxygen atoms in total. The summed E-state index contributed by atoms with van der Waals surface area (Å²) in [6, 6.07) is 0. The number of carboxylic acids is 1. The number of fused-ring (bicyclic) bond motifs is 1. The predicted molar refractivity (Wildman–Crippen MR) is 71.7 cm³/mol. The quantitative estimate of drug-likeness (QED) is 0.709. The first-order valence-corrected chi connectivity index (χ1v) is 6.19. The van der Waals surface area contributed by atoms with E-state index in [0.29, 0.717) is 12.4 Å². The van der Waals surface area contributed by atoms with E-state index in [1.54, 1.807) is 6.20 Å². The van der Waals surface area contributed by atoms with Crippen molar-refractivity contribution in [1.82, 2.24) is 19.7 Å². The van der Waals surface area contributed by atoms with Gasteiger partial charge in [0.1, 0.15) is 12.1 Å². The van der Waals surface area contributed by atoms with Crippen molar-refractivity contribution in [2.24, 2.45) is 5.73 Å². The summed E-state index contributed by atoms with van der Waals surface area (Å²) < 4.78 is 33.6. The molecule has 0 unspecified atom stereocenters. The van der Waals surface area contributed by atoms with Crippen LogP contribution in [0.4, 0.5) is 19.0 Å². The van der Waals surface area contributed by atoms with Gasteiger partial charge in [-0.25, -0.2) is 19.4 Å². The molecule has 11 heteroatoms. The van der Waals surface area contributed by atoms with Crippen LogP contribution in [0.25, 0.3) is 11.0 Å². The number of aromatic nitrogens is 4. The third kappa shape index (κ3) is 4.84. The van der Waals surface area contributed by atoms with Crippen LogP contribution in [-0.4, -0.2) is 43.5 Å². The number of hydrogen-bond acceptors (Lipinski definition) is 6. The highest BCUT2D eigenvalue weighted by Gasteiger charge is 2.38. The van der Waals surface area contributed by atoms with Gasteiger partial charge in [0.15, 0.2) is 5.65 Å². The van der Waals surface area contributed by atoms with Crippen LogP contribution in [0.3, 0.4) is 0 Å². The number of carboxylic acid groups (broad SMARTS) is 1. The van der Waals surface area contributed by atoms with Gasteiger partial charge in [-0.05, 0) is 19.4 Å². The third-order valence-corrected chi connectivity index (χ3v) is 2.53. The highest BCUT2D eigenvalue weighted by molar-refractivity contribution is 5.84. The van der Waals surface area contributed by atoms with Crippen molar-refractivity contribution in [3.63, 3.8) is 0 Å². The molecule has 2 heterocycles. The molecule has 0 aliphatic carbocycles. The van der Waals surface area contributed by atoms with Gasteiger partial charge in [-0.15, -0.1) is 0 Å². The van der Waals surface area contributed by atoms with Crippen LogP contribution in [0.2, 0.25) is 0 Å². The Balaban J connectivity index is 0.000000295. The number of nitrogens with zero attached hydrogens (tertiary/aromatic N) is 4. The second kappa shape index (κ2) is 7.54. The lowest BCUT2D eigenvalue weighted by molar-refractivity contribution is -0.192. The van der Waals surface area contributed by atoms with Gasteiger partial charge in [0.2, 0.25) is 0 Å². The zero-order chi connectivity index (χ0) is 16.8. The fourth-order valence-corrected chi connectivity index (χ4v) is 1.48. The molecule has 0 bridgehead atoms. The van der Waals surface area contributed by atoms with E-state index in [2.05, 4.69) is 15.1 Å². The van der Waals surface area contributed by atoms with Crippen molar-refractivity contribution < 1.29 is 23.1 Å². The third-order valence-electron chi connectivity index (χ3n) is 2.53. The largest absolute Gasteiger partial charge is 0.490 e. The lowest BCUT2D eigenvalue weighted by atomic mass is 10.3. The van der Waals surface area contributed by atoms with Gasteiger partial charge in [-0.3, -0.25) is 0 Å². The predicted octanol–water partition coefficient (Wildman–Crippen LogP) is 0.781. The number of rotatable bonds is 4. The molecule has 0 atom stereocenters. The Morgan fingerprint density at radius 2 is 1.95 bits per heavy atom. The van der Waals surface area contributed by atoms with Crippen LogP contribution >= 0.6 is 0 Å². The topological polar surface area (TPSA) is 133 Å². The average Bonchev–Trinajstić information content (AvgIpc) is 2.84. The summed E-state index contributed by atoms with van der Waals surface area (Å²) in [7, 11) is 0. The molecule has 5 N–H and O–H groups in total. The van der Waals surface area contributed by atoms with Gasteiger partial charge in [0.05, 0.1) is 11.6 Å². The number of aliphatic carboxylic acids is 1. The summed E-state index contributed by atoms with van der Waals surface area (Å²) >= 11 is 0. The summed E-state index contributed by atoms with van der Waals surface area (Å²) in [6.07, 6.45) is 0.0605. The Morgan fingerprint density at radius 1 is 1.32 bits per heavy atom. The lowest BCUT2D eigenvalue weighted by Gasteiger charge is -2.01. The Bertz CT molecular complexity index is 628. The molecule has 22 heavy (non-hydrogen) atoms. The first-order chi connectivity index (χ1) is 10.3. The molecule has 122 valence electrons. The van der Waals surface area contributed by atoms with Crippen LogP contribution in [-0.2, 0) is 11.3 Å². The van der Waals surface area contributed by atoms with Crippen LogP contribution in [0.5, 0.6) is 0 Å². The summed E-state index contributed by atoms with van der Waals surface area (Å²) in [4.78, 5) is 17.0. The number of unbranched alkanes of at least 4 members (excludes halogenated alkanes) is 1. The first kappa shape index (κ1) is 17.6. The van der Waals surface area contributed by atoms with Crippen molar-refractivity contribution >= 4 is 22.8 Å². The number of nitrogen functional groups attached to an aromatic ring is 1. The maximum absolute atomic E-state index is 10.6. The van der Waals surface area contributed by atoms with Crippen LogP contribution in [0.1, 0.15) is 12.8 Å². The molecule has 0 amide bonds. The second-order valence-electron chi connectivity index (χ2n) is 4.16. The van der Waals surface area contributed by atoms with Gasteiger partial charge in [0.25, 0.3) is 0 Å². The van der Waals surface area contributed by atoms with Crippen molar-refractivity contribution in [1.29, 1.82) is 0 Å². The molecule has 0 spiro atoms. The molecule has 0 saturated carbocycles. The number of anilines is 1. The van der Waals surface area contributed by atoms with Crippen LogP contribution in [0, 0.1) is 0 Å². The molecule has 0 aliphatic rings. The Morgan fingerprint density at radius 3 is 2.50 bits per heavy atom. The molecule has 2 rings (SSSR count). The number of hydrogen-bond donors (Lipinski definition) is 3. The number of aryl methyl sites for hydroxylation is 1. The van der Waals surface area contributed by atoms with E-state index >= 15 is 0 Å². The molecule has 0 saturated heterocycles. The van der Waals surface area contributed by atoms with E-state index in [1.807, 2.05) is 4.68 Å². The van der Waals surface area contributed by atoms with Crippen molar-refractivity contribution in [2.75, 3.05) is 12.3 Å². The zero-order valence-corrected chi connectivity index (χ0v) is 11.4. The van der Waals surface area contributed by atoms with E-state index in [9.17, 15) is 13.2 Å². The minimum absolute atomic E-state index is 0.477. The number of alkyl halides is 3. The number of carbonyl (C=O) groups is 1. The highest BCUT2D eigenvalue weighted by Crippen LogP contribution is 2.15. The van der Waals surface area contributed by atoms with Crippen molar-refractivity contribution in [2.45, 2.75) is 25.6 Å². The Kier molecular flexibility index (Phi) is 6.04. The normalized spacial score (nSPS) is 11.1. The number of nitrogens with two attached hydrogens (primary N) is 2. The molecule has 2 aromatic rings. The van der Waals surface area contributed by atoms with Gasteiger partial charge in [-0.2, -0.15) is 18.3 Å². The molecule has 0 radical (unpaired) electrons. The van der Waals surface area contributed by atoms with E-state index < -0.39 is 12.1 Å². The lowest BCUT2D eigenvalue weighted by Crippen LogP contribution is -2.21. The summed E-state index contributed by atoms with van der Waals surface area (Å²) in [5.41, 5.74) is 11.9. The summed E-state index contributed by atoms with van der Waals surface area (Å²) in [6.45, 7) is 1.52. The molecular weight excluding hydrogens is 305 g/mol. The van der Waals surface area contributed by atoms with Crippen LogP contribution in [0.15, 0.2) is 12.5 Å². The standard InChI is InChI=1S/C9H14N6.C2HF3O2/c10-3-1-2-4-15-9-7(5-14-15)8(11)12-6-13-9;3-2(4,5)1(6)7/h5-6H,1-4,10H2,(H2,11,12,13);(H,6,7). The Hall–Kier alpha value is -2.43. The van der Waals surface area contributed by atoms with Gasteiger partial charge >= 0.3 is 12.1 Å². The van der Waals surface area contributed by atoms with Gasteiger partial charge < -0.3 is 16.6 Å².